The van der Waals surface area contributed by atoms with Gasteiger partial charge in [0, 0.05) is 32.7 Å². The second-order valence-electron chi connectivity index (χ2n) is 1.68. The molecule has 0 rings (SSSR count). The molecule has 0 heterocycles. The molecule has 0 aliphatic carbocycles. The van der Waals surface area contributed by atoms with E-state index in [1.807, 2.05) is 0 Å². The molecule has 0 aliphatic rings. The van der Waals surface area contributed by atoms with E-state index in [0.29, 0.717) is 0 Å². The molecule has 0 aromatic carbocycles. The van der Waals surface area contributed by atoms with Crippen molar-refractivity contribution in [3.8, 4) is 0 Å². The van der Waals surface area contributed by atoms with E-state index in [4.69, 9.17) is 0 Å². The second-order valence-corrected chi connectivity index (χ2v) is 1.68. The van der Waals surface area contributed by atoms with E-state index in [-0.39, 0.29) is 44.6 Å². The summed E-state index contributed by atoms with van der Waals surface area (Å²) in [4.78, 5) is 10.3. The third-order valence-corrected chi connectivity index (χ3v) is 0.673. The summed E-state index contributed by atoms with van der Waals surface area (Å²) in [5, 5.41) is 0. The molecule has 0 aromatic heterocycles. The average Bonchev–Trinajstić information content (AvgIpc) is 1.65. The summed E-state index contributed by atoms with van der Waals surface area (Å²) in [5.41, 5.74) is 0. The van der Waals surface area contributed by atoms with Gasteiger partial charge in [-0.3, -0.25) is 4.79 Å². The largest absolute Gasteiger partial charge is 0.469 e. The number of ether oxygens (including phenoxy) is 1. The van der Waals surface area contributed by atoms with Gasteiger partial charge in [0.2, 0.25) is 0 Å². The van der Waals surface area contributed by atoms with Gasteiger partial charge in [0.1, 0.15) is 0 Å². The fourth-order valence-electron chi connectivity index (χ4n) is 0.236. The van der Waals surface area contributed by atoms with Gasteiger partial charge < -0.3 is 4.74 Å². The Bertz CT molecular complexity index is 70.8. The Morgan fingerprint density at radius 1 is 1.50 bits per heavy atom. The molecule has 3 heteroatoms. The van der Waals surface area contributed by atoms with Crippen molar-refractivity contribution in [3.63, 3.8) is 0 Å². The number of carbonyl (C=O) groups excluding carboxylic acids is 1. The van der Waals surface area contributed by atoms with Crippen molar-refractivity contribution in [2.24, 2.45) is 5.92 Å². The number of methoxy groups -OCH3 is 1. The van der Waals surface area contributed by atoms with E-state index >= 15 is 0 Å². The molecule has 8 heavy (non-hydrogen) atoms. The first-order chi connectivity index (χ1) is 3.18. The maximum atomic E-state index is 10.3. The van der Waals surface area contributed by atoms with Crippen molar-refractivity contribution >= 4 is 5.97 Å². The van der Waals surface area contributed by atoms with Gasteiger partial charge >= 0.3 is 5.97 Å². The van der Waals surface area contributed by atoms with Crippen molar-refractivity contribution in [2.75, 3.05) is 7.11 Å². The van der Waals surface area contributed by atoms with Gasteiger partial charge in [0.05, 0.1) is 13.0 Å². The first-order valence-corrected chi connectivity index (χ1v) is 2.26. The number of hydrogen-bond acceptors (Lipinski definition) is 2. The van der Waals surface area contributed by atoms with E-state index < -0.39 is 0 Å². The zero-order valence-electron chi connectivity index (χ0n) is 5.47. The summed E-state index contributed by atoms with van der Waals surface area (Å²) in [5.74, 6) is -0.148. The zero-order chi connectivity index (χ0) is 5.86. The molecule has 1 radical (unpaired) electrons. The number of carbonyl (C=O) groups is 1. The number of hydrogen-bond donors (Lipinski definition) is 0. The van der Waals surface area contributed by atoms with Crippen LogP contribution in [0.4, 0.5) is 0 Å². The molecular formula is C5H10O2Y. The molecule has 0 aromatic rings. The number of esters is 1. The van der Waals surface area contributed by atoms with Crippen LogP contribution in [0, 0.1) is 5.92 Å². The van der Waals surface area contributed by atoms with Gasteiger partial charge in [-0.15, -0.1) is 0 Å². The van der Waals surface area contributed by atoms with Crippen molar-refractivity contribution in [1.82, 2.24) is 0 Å². The minimum Gasteiger partial charge on any atom is -0.469 e. The van der Waals surface area contributed by atoms with Crippen LogP contribution in [0.3, 0.4) is 0 Å². The van der Waals surface area contributed by atoms with Crippen LogP contribution in [0.1, 0.15) is 13.8 Å². The normalized spacial score (nSPS) is 8.00. The zero-order valence-corrected chi connectivity index (χ0v) is 8.31. The molecule has 0 unspecified atom stereocenters. The van der Waals surface area contributed by atoms with Crippen LogP contribution in [0.5, 0.6) is 0 Å². The van der Waals surface area contributed by atoms with Crippen LogP contribution < -0.4 is 0 Å². The molecule has 0 atom stereocenters. The van der Waals surface area contributed by atoms with Crippen molar-refractivity contribution in [3.05, 3.63) is 0 Å². The molecule has 2 nitrogen and oxygen atoms in total. The van der Waals surface area contributed by atoms with Crippen molar-refractivity contribution in [1.29, 1.82) is 0 Å². The van der Waals surface area contributed by atoms with Crippen LogP contribution in [0.15, 0.2) is 0 Å². The Morgan fingerprint density at radius 3 is 1.88 bits per heavy atom. The van der Waals surface area contributed by atoms with Crippen molar-refractivity contribution < 1.29 is 42.2 Å². The molecule has 0 fully saturated rings. The smallest absolute Gasteiger partial charge is 0.308 e. The maximum Gasteiger partial charge on any atom is 0.308 e. The van der Waals surface area contributed by atoms with E-state index in [2.05, 4.69) is 4.74 Å². The summed E-state index contributed by atoms with van der Waals surface area (Å²) < 4.78 is 4.37. The Labute approximate surface area is 74.9 Å². The van der Waals surface area contributed by atoms with E-state index in [1.54, 1.807) is 13.8 Å². The Kier molecular flexibility index (Phi) is 8.12. The predicted molar refractivity (Wildman–Crippen MR) is 26.9 cm³/mol. The Morgan fingerprint density at radius 2 is 1.88 bits per heavy atom. The fraction of sp³-hybridized carbons (Fsp3) is 0.800. The van der Waals surface area contributed by atoms with Crippen molar-refractivity contribution in [2.45, 2.75) is 13.8 Å². The standard InChI is InChI=1S/C5H10O2.Y/c1-4(2)5(6)7-3;/h4H,1-3H3;. The molecule has 0 N–H and O–H groups in total. The fourth-order valence-corrected chi connectivity index (χ4v) is 0.236. The van der Waals surface area contributed by atoms with Gasteiger partial charge in [-0.1, -0.05) is 13.8 Å². The van der Waals surface area contributed by atoms with Gasteiger partial charge in [0.25, 0.3) is 0 Å². The summed E-state index contributed by atoms with van der Waals surface area (Å²) in [6.07, 6.45) is 0. The van der Waals surface area contributed by atoms with E-state index in [9.17, 15) is 4.79 Å². The molecule has 0 saturated carbocycles. The predicted octanol–water partition coefficient (Wildman–Crippen LogP) is 0.813. The van der Waals surface area contributed by atoms with E-state index in [1.165, 1.54) is 7.11 Å². The molecule has 0 aliphatic heterocycles. The van der Waals surface area contributed by atoms with Crippen LogP contribution in [0.25, 0.3) is 0 Å². The first-order valence-electron chi connectivity index (χ1n) is 2.26. The van der Waals surface area contributed by atoms with E-state index in [0.717, 1.165) is 0 Å². The second kappa shape index (κ2) is 5.71. The summed E-state index contributed by atoms with van der Waals surface area (Å²) in [6.45, 7) is 3.59. The maximum absolute atomic E-state index is 10.3. The van der Waals surface area contributed by atoms with Crippen LogP contribution >= 0.6 is 0 Å². The third-order valence-electron chi connectivity index (χ3n) is 0.673. The minimum absolute atomic E-state index is 0. The molecule has 0 saturated heterocycles. The molecule has 45 valence electrons. The number of rotatable bonds is 1. The quantitative estimate of drug-likeness (QED) is 0.573. The molecular weight excluding hydrogens is 181 g/mol. The Balaban J connectivity index is 0. The average molecular weight is 191 g/mol. The van der Waals surface area contributed by atoms with Crippen LogP contribution in [-0.2, 0) is 42.2 Å². The molecule has 0 spiro atoms. The Hall–Kier alpha value is 0.574. The summed E-state index contributed by atoms with van der Waals surface area (Å²) in [6, 6.07) is 0. The van der Waals surface area contributed by atoms with Gasteiger partial charge in [-0.05, 0) is 0 Å². The topological polar surface area (TPSA) is 26.3 Å². The SMILES string of the molecule is COC(=O)C(C)C.[Y]. The third kappa shape index (κ3) is 4.73. The van der Waals surface area contributed by atoms with Crippen LogP contribution in [0.2, 0.25) is 0 Å². The first kappa shape index (κ1) is 11.4. The monoisotopic (exact) mass is 191 g/mol. The summed E-state index contributed by atoms with van der Waals surface area (Å²) >= 11 is 0. The van der Waals surface area contributed by atoms with Crippen LogP contribution in [-0.4, -0.2) is 13.1 Å². The van der Waals surface area contributed by atoms with Gasteiger partial charge in [0.15, 0.2) is 0 Å². The minimum atomic E-state index is -0.153. The van der Waals surface area contributed by atoms with Gasteiger partial charge in [-0.25, -0.2) is 0 Å². The van der Waals surface area contributed by atoms with Gasteiger partial charge in [-0.2, -0.15) is 0 Å². The summed E-state index contributed by atoms with van der Waals surface area (Å²) in [7, 11) is 1.39. The molecule has 0 bridgehead atoms. The molecule has 0 amide bonds.